The largest absolute Gasteiger partial charge is 0.507 e. The monoisotopic (exact) mass is 1930 g/mol. The van der Waals surface area contributed by atoms with Crippen LogP contribution in [0.3, 0.4) is 0 Å². The van der Waals surface area contributed by atoms with Crippen LogP contribution in [0.15, 0.2) is 252 Å². The van der Waals surface area contributed by atoms with Crippen LogP contribution in [-0.2, 0) is 36.0 Å². The Kier molecular flexibility index (Phi) is 30.3. The number of aromatic amines is 4. The fourth-order valence-corrected chi connectivity index (χ4v) is 17.5. The number of para-hydroxylation sites is 1. The lowest BCUT2D eigenvalue weighted by molar-refractivity contribution is -0.115. The standard InChI is InChI=1S/C27H28ClN3O2S.C23H17ClN6O2S.C23H17ClN6OS.C21H16ClN3O5S2.CH4/c1-16(32)15-34-26-29-22-14-21(28)24(30-25(22)31-26)19-8-6-18(7-9-19)20-10-5-17(13-23(20)33)11-12-27(2,3)4;1-13(31)10-33-23-27-19-9-18(24)21(28-22(19)29-23)15-4-2-14(3-5-15)17-7-6-16(8-20(17)32)30-12-25-11-26-30;1-14(31)11-32-23-27-20-10-19(24)21(28-22(20)29-23)17-4-2-15(3-5-17)16-6-8-18(9-7-16)30-13-25-12-26-30;1-12(26)11-31-21-23-17-10-16(22)19(24-20(17)25-21)14-8-6-13(7-9-14)15-4-2-3-5-18(15)30-32(27,28)29;/h5-10,13-14,33H,11-12,15H2,1-4H3,(H,29,30,31);2-9,11-12,32H,10H2,1H3,(H,27,28,29);2-10,12-13H,11H2,1H3,(H,27,28,29);2-10H,11H2,1H3,(H,23,24,25)(H,27,28,29);1H4. The van der Waals surface area contributed by atoms with Crippen molar-refractivity contribution in [2.75, 3.05) is 23.0 Å². The smallest absolute Gasteiger partial charge is 0.446 e. The number of carbonyl (C=O) groups is 4. The molecule has 0 radical (unpaired) electrons. The van der Waals surface area contributed by atoms with Gasteiger partial charge in [0.25, 0.3) is 0 Å². The first-order chi connectivity index (χ1) is 62.8. The third-order valence-electron chi connectivity index (χ3n) is 19.7. The number of aromatic hydroxyl groups is 2. The summed E-state index contributed by atoms with van der Waals surface area (Å²) < 4.78 is 39.2. The number of aromatic nitrogens is 18. The highest BCUT2D eigenvalue weighted by atomic mass is 35.5. The second-order valence-electron chi connectivity index (χ2n) is 31.0. The average molecular weight is 1940 g/mol. The highest BCUT2D eigenvalue weighted by molar-refractivity contribution is 8.00. The summed E-state index contributed by atoms with van der Waals surface area (Å²) in [5.41, 5.74) is 20.4. The third-order valence-corrected chi connectivity index (χ3v) is 25.3. The number of aryl methyl sites for hydroxylation is 1. The Morgan fingerprint density at radius 1 is 0.394 bits per heavy atom. The number of fused-ring (bicyclic) bond motifs is 4. The number of H-pyrrole nitrogens is 4. The molecule has 0 spiro atoms. The normalized spacial score (nSPS) is 11.4. The molecule has 0 aliphatic rings. The number of benzene rings is 8. The first-order valence-corrected chi connectivity index (χ1v) is 47.0. The summed E-state index contributed by atoms with van der Waals surface area (Å²) in [6.07, 6.45) is 8.19. The number of nitrogens with one attached hydrogen (secondary N) is 4. The Morgan fingerprint density at radius 2 is 0.705 bits per heavy atom. The van der Waals surface area contributed by atoms with Crippen molar-refractivity contribution in [1.29, 1.82) is 0 Å². The molecule has 0 unspecified atom stereocenters. The van der Waals surface area contributed by atoms with Gasteiger partial charge in [0.1, 0.15) is 59.9 Å². The van der Waals surface area contributed by atoms with E-state index in [1.165, 1.54) is 79.6 Å². The number of nitrogens with zero attached hydrogens (tertiary/aromatic N) is 14. The molecule has 37 heteroatoms. The number of Topliss-reactive ketones (excluding diaryl/α,β-unsaturated/α-hetero) is 4. The lowest BCUT2D eigenvalue weighted by atomic mass is 9.88. The fraction of sp³-hybridized carbons (Fsp3) is 0.158. The fourth-order valence-electron chi connectivity index (χ4n) is 13.4. The van der Waals surface area contributed by atoms with E-state index in [9.17, 15) is 37.8 Å². The van der Waals surface area contributed by atoms with Crippen LogP contribution in [0, 0.1) is 5.41 Å². The summed E-state index contributed by atoms with van der Waals surface area (Å²) in [5, 5.41) is 33.9. The van der Waals surface area contributed by atoms with E-state index in [1.54, 1.807) is 103 Å². The van der Waals surface area contributed by atoms with Gasteiger partial charge in [-0.05, 0) is 140 Å². The van der Waals surface area contributed by atoms with Crippen LogP contribution in [-0.4, -0.2) is 159 Å². The van der Waals surface area contributed by atoms with Crippen molar-refractivity contribution < 1.29 is 46.5 Å². The van der Waals surface area contributed by atoms with E-state index in [2.05, 4.69) is 111 Å². The number of carbonyl (C=O) groups excluding carboxylic acids is 4. The first kappa shape index (κ1) is 95.2. The van der Waals surface area contributed by atoms with E-state index < -0.39 is 10.4 Å². The number of hydrogen-bond acceptors (Lipinski definition) is 25. The maximum atomic E-state index is 11.2. The van der Waals surface area contributed by atoms with E-state index in [0.29, 0.717) is 137 Å². The topological polar surface area (TPSA) is 400 Å². The molecule has 0 amide bonds. The summed E-state index contributed by atoms with van der Waals surface area (Å²) in [4.78, 5) is 102. The van der Waals surface area contributed by atoms with Crippen molar-refractivity contribution >= 4 is 172 Å². The van der Waals surface area contributed by atoms with Gasteiger partial charge in [-0.3, -0.25) is 23.7 Å². The molecule has 7 N–H and O–H groups in total. The van der Waals surface area contributed by atoms with Crippen molar-refractivity contribution in [2.45, 2.75) is 89.4 Å². The molecule has 28 nitrogen and oxygen atoms in total. The van der Waals surface area contributed by atoms with Gasteiger partial charge in [-0.2, -0.15) is 18.6 Å². The molecule has 18 rings (SSSR count). The quantitative estimate of drug-likeness (QED) is 0.0195. The van der Waals surface area contributed by atoms with Crippen LogP contribution in [0.25, 0.3) is 146 Å². The van der Waals surface area contributed by atoms with Crippen molar-refractivity contribution in [3.8, 4) is 118 Å². The van der Waals surface area contributed by atoms with Gasteiger partial charge in [0.2, 0.25) is 0 Å². The highest BCUT2D eigenvalue weighted by Gasteiger charge is 2.22. The number of pyridine rings is 4. The number of thioether (sulfide) groups is 4. The number of hydrogen-bond donors (Lipinski definition) is 7. The summed E-state index contributed by atoms with van der Waals surface area (Å²) in [7, 11) is -4.65. The van der Waals surface area contributed by atoms with Crippen molar-refractivity contribution in [1.82, 2.24) is 89.3 Å². The van der Waals surface area contributed by atoms with Gasteiger partial charge >= 0.3 is 10.4 Å². The van der Waals surface area contributed by atoms with E-state index in [1.807, 2.05) is 127 Å². The molecule has 670 valence electrons. The average Bonchev–Trinajstić information content (AvgIpc) is 1.62. The van der Waals surface area contributed by atoms with Gasteiger partial charge in [0, 0.05) is 45.0 Å². The molecule has 0 aliphatic heterocycles. The summed E-state index contributed by atoms with van der Waals surface area (Å²) in [6, 6.07) is 63.6. The minimum absolute atomic E-state index is 0. The van der Waals surface area contributed by atoms with Crippen LogP contribution in [0.4, 0.5) is 0 Å². The molecule has 0 fully saturated rings. The molecule has 8 aromatic carbocycles. The maximum Gasteiger partial charge on any atom is 0.446 e. The van der Waals surface area contributed by atoms with E-state index >= 15 is 0 Å². The highest BCUT2D eigenvalue weighted by Crippen LogP contribution is 2.41. The molecule has 0 aliphatic carbocycles. The number of rotatable bonds is 26. The number of phenols is 2. The van der Waals surface area contributed by atoms with Crippen LogP contribution in [0.1, 0.15) is 67.9 Å². The van der Waals surface area contributed by atoms with Gasteiger partial charge < -0.3 is 34.3 Å². The number of ketones is 4. The third kappa shape index (κ3) is 24.2. The zero-order chi connectivity index (χ0) is 92.4. The van der Waals surface area contributed by atoms with Crippen molar-refractivity contribution in [3.05, 3.63) is 257 Å². The second kappa shape index (κ2) is 42.1. The number of imidazole rings is 4. The summed E-state index contributed by atoms with van der Waals surface area (Å²) in [5.74, 6) is 2.10. The molecule has 0 atom stereocenters. The molecular weight excluding hydrogens is 1860 g/mol. The van der Waals surface area contributed by atoms with Crippen molar-refractivity contribution in [3.63, 3.8) is 0 Å². The minimum atomic E-state index is -4.65. The van der Waals surface area contributed by atoms with E-state index in [-0.39, 0.29) is 53.2 Å². The van der Waals surface area contributed by atoms with Crippen molar-refractivity contribution in [2.24, 2.45) is 5.41 Å². The predicted octanol–water partition coefficient (Wildman–Crippen LogP) is 22.9. The van der Waals surface area contributed by atoms with Crippen LogP contribution >= 0.6 is 93.5 Å². The van der Waals surface area contributed by atoms with Gasteiger partial charge in [0.15, 0.2) is 49.0 Å². The Bertz CT molecular complexity index is 7370. The van der Waals surface area contributed by atoms with Crippen LogP contribution < -0.4 is 4.18 Å². The Morgan fingerprint density at radius 3 is 1.03 bits per heavy atom. The minimum Gasteiger partial charge on any atom is -0.507 e. The predicted molar refractivity (Wildman–Crippen MR) is 525 cm³/mol. The molecular formula is C95H82Cl4N18O10S5. The van der Waals surface area contributed by atoms with Gasteiger partial charge in [0.05, 0.1) is 99.3 Å². The summed E-state index contributed by atoms with van der Waals surface area (Å²) in [6.45, 7) is 12.8. The zero-order valence-corrected chi connectivity index (χ0v) is 77.8. The van der Waals surface area contributed by atoms with Gasteiger partial charge in [-0.1, -0.05) is 261 Å². The number of phenolic OH excluding ortho intramolecular Hbond substituents is 2. The Labute approximate surface area is 794 Å². The zero-order valence-electron chi connectivity index (χ0n) is 70.7. The molecule has 0 saturated heterocycles. The molecule has 10 heterocycles. The van der Waals surface area contributed by atoms with Gasteiger partial charge in [-0.15, -0.1) is 0 Å². The Hall–Kier alpha value is -12.9. The first-order valence-electron chi connectivity index (χ1n) is 40.2. The maximum absolute atomic E-state index is 11.2. The van der Waals surface area contributed by atoms with Gasteiger partial charge in [-0.25, -0.2) is 59.2 Å². The lowest BCUT2D eigenvalue weighted by Gasteiger charge is -2.18. The molecule has 18 aromatic rings. The van der Waals surface area contributed by atoms with Crippen LogP contribution in [0.5, 0.6) is 17.2 Å². The molecule has 0 saturated carbocycles. The SMILES string of the molecule is C.CC(=O)CSc1nc2nc(-c3ccc(-c4ccc(-n5cncn5)cc4)cc3)c(Cl)cc2[nH]1.CC(=O)CSc1nc2nc(-c3ccc(-c4ccc(-n5cncn5)cc4O)cc3)c(Cl)cc2[nH]1.CC(=O)CSc1nc2nc(-c3ccc(-c4ccc(CCC(C)(C)C)cc4O)cc3)c(Cl)cc2[nH]1.CC(=O)CSc1nc2nc(-c3ccc(-c4ccccc4OS(=O)(=O)O)cc3)c(Cl)cc2[nH]1. The van der Waals surface area contributed by atoms with E-state index in [0.717, 1.165) is 90.9 Å². The lowest BCUT2D eigenvalue weighted by Crippen LogP contribution is -2.07. The summed E-state index contributed by atoms with van der Waals surface area (Å²) >= 11 is 31.3. The second-order valence-corrected chi connectivity index (χ2v) is 37.6. The Balaban J connectivity index is 0.000000141. The van der Waals surface area contributed by atoms with Crippen LogP contribution in [0.2, 0.25) is 20.1 Å². The van der Waals surface area contributed by atoms with E-state index in [4.69, 9.17) is 51.0 Å². The molecule has 132 heavy (non-hydrogen) atoms. The number of halogens is 4. The molecule has 10 aromatic heterocycles. The molecule has 0 bridgehead atoms.